The zero-order chi connectivity index (χ0) is 13.8. The summed E-state index contributed by atoms with van der Waals surface area (Å²) in [7, 11) is 1.43. The van der Waals surface area contributed by atoms with Gasteiger partial charge < -0.3 is 15.2 Å². The van der Waals surface area contributed by atoms with Crippen LogP contribution in [0.4, 0.5) is 10.1 Å². The van der Waals surface area contributed by atoms with Crippen molar-refractivity contribution in [2.24, 2.45) is 0 Å². The van der Waals surface area contributed by atoms with Crippen molar-refractivity contribution in [3.05, 3.63) is 53.3 Å². The third-order valence-electron chi connectivity index (χ3n) is 2.78. The van der Waals surface area contributed by atoms with Crippen LogP contribution < -0.4 is 15.2 Å². The van der Waals surface area contributed by atoms with Crippen molar-refractivity contribution in [3.8, 4) is 11.5 Å². The lowest BCUT2D eigenvalue weighted by Gasteiger charge is -2.10. The van der Waals surface area contributed by atoms with Crippen molar-refractivity contribution in [1.29, 1.82) is 0 Å². The Morgan fingerprint density at radius 3 is 2.58 bits per heavy atom. The molecule has 2 aromatic carbocycles. The second kappa shape index (κ2) is 5.61. The molecule has 2 aromatic rings. The first-order valence-corrected chi connectivity index (χ1v) is 5.91. The number of anilines is 1. The number of nitrogen functional groups attached to an aromatic ring is 1. The Labute approximate surface area is 111 Å². The predicted octanol–water partition coefficient (Wildman–Crippen LogP) is 3.30. The molecular weight excluding hydrogens is 245 g/mol. The van der Waals surface area contributed by atoms with Crippen molar-refractivity contribution in [3.63, 3.8) is 0 Å². The molecule has 0 amide bonds. The van der Waals surface area contributed by atoms with Crippen LogP contribution in [0, 0.1) is 12.7 Å². The van der Waals surface area contributed by atoms with Crippen molar-refractivity contribution in [1.82, 2.24) is 0 Å². The summed E-state index contributed by atoms with van der Waals surface area (Å²) >= 11 is 0. The number of rotatable bonds is 4. The fraction of sp³-hybridized carbons (Fsp3) is 0.200. The largest absolute Gasteiger partial charge is 0.494 e. The molecule has 0 fully saturated rings. The topological polar surface area (TPSA) is 44.5 Å². The summed E-state index contributed by atoms with van der Waals surface area (Å²) in [5.74, 6) is 0.427. The maximum Gasteiger partial charge on any atom is 0.165 e. The molecule has 3 nitrogen and oxygen atoms in total. The van der Waals surface area contributed by atoms with E-state index in [2.05, 4.69) is 0 Å². The third-order valence-corrected chi connectivity index (χ3v) is 2.78. The quantitative estimate of drug-likeness (QED) is 0.859. The highest BCUT2D eigenvalue weighted by atomic mass is 19.1. The Morgan fingerprint density at radius 2 is 1.89 bits per heavy atom. The first-order valence-electron chi connectivity index (χ1n) is 5.91. The zero-order valence-electron chi connectivity index (χ0n) is 10.9. The van der Waals surface area contributed by atoms with Crippen LogP contribution in [0.1, 0.15) is 11.1 Å². The monoisotopic (exact) mass is 261 g/mol. The van der Waals surface area contributed by atoms with Gasteiger partial charge in [0.15, 0.2) is 11.6 Å². The van der Waals surface area contributed by atoms with Gasteiger partial charge in [-0.2, -0.15) is 0 Å². The number of hydrogen-bond acceptors (Lipinski definition) is 3. The lowest BCUT2D eigenvalue weighted by Crippen LogP contribution is -2.00. The van der Waals surface area contributed by atoms with Gasteiger partial charge in [-0.1, -0.05) is 12.1 Å². The molecule has 100 valence electrons. The predicted molar refractivity (Wildman–Crippen MR) is 72.9 cm³/mol. The van der Waals surface area contributed by atoms with Gasteiger partial charge in [-0.3, -0.25) is 0 Å². The molecule has 0 spiro atoms. The summed E-state index contributed by atoms with van der Waals surface area (Å²) in [5, 5.41) is 0. The van der Waals surface area contributed by atoms with Crippen LogP contribution in [0.15, 0.2) is 36.4 Å². The fourth-order valence-corrected chi connectivity index (χ4v) is 1.73. The lowest BCUT2D eigenvalue weighted by molar-refractivity contribution is 0.306. The average molecular weight is 261 g/mol. The van der Waals surface area contributed by atoms with Crippen molar-refractivity contribution in [2.75, 3.05) is 12.8 Å². The Kier molecular flexibility index (Phi) is 3.90. The lowest BCUT2D eigenvalue weighted by atomic mass is 10.2. The van der Waals surface area contributed by atoms with E-state index in [1.54, 1.807) is 18.2 Å². The number of ether oxygens (including phenoxy) is 2. The maximum atomic E-state index is 13.5. The minimum atomic E-state index is -0.402. The van der Waals surface area contributed by atoms with Gasteiger partial charge >= 0.3 is 0 Å². The van der Waals surface area contributed by atoms with Gasteiger partial charge in [0.1, 0.15) is 12.4 Å². The van der Waals surface area contributed by atoms with Crippen LogP contribution in [0.3, 0.4) is 0 Å². The number of hydrogen-bond donors (Lipinski definition) is 1. The maximum absolute atomic E-state index is 13.5. The van der Waals surface area contributed by atoms with Gasteiger partial charge in [0, 0.05) is 0 Å². The van der Waals surface area contributed by atoms with Gasteiger partial charge in [0.25, 0.3) is 0 Å². The summed E-state index contributed by atoms with van der Waals surface area (Å²) in [6.45, 7) is 2.22. The minimum Gasteiger partial charge on any atom is -0.494 e. The standard InChI is InChI=1S/C15H16FNO2/c1-10-3-5-13(17)15(7-10)19-9-11-4-6-14(18-2)12(16)8-11/h3-8H,9,17H2,1-2H3. The highest BCUT2D eigenvalue weighted by molar-refractivity contribution is 5.53. The fourth-order valence-electron chi connectivity index (χ4n) is 1.73. The summed E-state index contributed by atoms with van der Waals surface area (Å²) < 4.78 is 24.0. The molecule has 0 bridgehead atoms. The van der Waals surface area contributed by atoms with E-state index in [1.807, 2.05) is 19.1 Å². The molecule has 19 heavy (non-hydrogen) atoms. The molecule has 0 saturated heterocycles. The number of aryl methyl sites for hydroxylation is 1. The molecule has 0 aliphatic carbocycles. The minimum absolute atomic E-state index is 0.221. The van der Waals surface area contributed by atoms with Crippen LogP contribution in [-0.2, 0) is 6.61 Å². The molecule has 0 unspecified atom stereocenters. The van der Waals surface area contributed by atoms with Crippen molar-refractivity contribution < 1.29 is 13.9 Å². The third kappa shape index (κ3) is 3.16. The van der Waals surface area contributed by atoms with E-state index in [0.29, 0.717) is 11.4 Å². The van der Waals surface area contributed by atoms with Gasteiger partial charge in [-0.25, -0.2) is 4.39 Å². The summed E-state index contributed by atoms with van der Waals surface area (Å²) in [5.41, 5.74) is 8.16. The summed E-state index contributed by atoms with van der Waals surface area (Å²) in [4.78, 5) is 0. The van der Waals surface area contributed by atoms with E-state index in [1.165, 1.54) is 13.2 Å². The smallest absolute Gasteiger partial charge is 0.165 e. The Hall–Kier alpha value is -2.23. The number of nitrogens with two attached hydrogens (primary N) is 1. The average Bonchev–Trinajstić information content (AvgIpc) is 2.40. The van der Waals surface area contributed by atoms with Crippen LogP contribution in [0.25, 0.3) is 0 Å². The van der Waals surface area contributed by atoms with E-state index in [4.69, 9.17) is 15.2 Å². The second-order valence-electron chi connectivity index (χ2n) is 4.30. The Bertz CT molecular complexity index is 584. The molecule has 0 atom stereocenters. The van der Waals surface area contributed by atoms with Gasteiger partial charge in [0.05, 0.1) is 12.8 Å². The van der Waals surface area contributed by atoms with Crippen LogP contribution in [0.5, 0.6) is 11.5 Å². The molecule has 0 aliphatic heterocycles. The summed E-state index contributed by atoms with van der Waals surface area (Å²) in [6.07, 6.45) is 0. The van der Waals surface area contributed by atoms with E-state index < -0.39 is 5.82 Å². The Balaban J connectivity index is 2.10. The second-order valence-corrected chi connectivity index (χ2v) is 4.30. The molecule has 2 rings (SSSR count). The van der Waals surface area contributed by atoms with E-state index in [9.17, 15) is 4.39 Å². The van der Waals surface area contributed by atoms with Gasteiger partial charge in [-0.15, -0.1) is 0 Å². The number of methoxy groups -OCH3 is 1. The van der Waals surface area contributed by atoms with E-state index >= 15 is 0 Å². The van der Waals surface area contributed by atoms with Crippen molar-refractivity contribution >= 4 is 5.69 Å². The first kappa shape index (κ1) is 13.2. The molecule has 0 saturated carbocycles. The van der Waals surface area contributed by atoms with Crippen LogP contribution in [0.2, 0.25) is 0 Å². The summed E-state index contributed by atoms with van der Waals surface area (Å²) in [6, 6.07) is 10.3. The highest BCUT2D eigenvalue weighted by Gasteiger charge is 2.05. The molecule has 4 heteroatoms. The highest BCUT2D eigenvalue weighted by Crippen LogP contribution is 2.24. The molecule has 0 heterocycles. The van der Waals surface area contributed by atoms with E-state index in [0.717, 1.165) is 11.1 Å². The first-order chi connectivity index (χ1) is 9.10. The molecule has 0 radical (unpaired) electrons. The zero-order valence-corrected chi connectivity index (χ0v) is 10.9. The normalized spacial score (nSPS) is 10.3. The van der Waals surface area contributed by atoms with Crippen LogP contribution >= 0.6 is 0 Å². The SMILES string of the molecule is COc1ccc(COc2cc(C)ccc2N)cc1F. The number of benzene rings is 2. The molecule has 0 aromatic heterocycles. The Morgan fingerprint density at radius 1 is 1.11 bits per heavy atom. The molecule has 2 N–H and O–H groups in total. The molecular formula is C15H16FNO2. The van der Waals surface area contributed by atoms with Crippen LogP contribution in [-0.4, -0.2) is 7.11 Å². The van der Waals surface area contributed by atoms with Gasteiger partial charge in [0.2, 0.25) is 0 Å². The van der Waals surface area contributed by atoms with Crippen molar-refractivity contribution in [2.45, 2.75) is 13.5 Å². The molecule has 0 aliphatic rings. The van der Waals surface area contributed by atoms with Gasteiger partial charge in [-0.05, 0) is 42.3 Å². The van der Waals surface area contributed by atoms with E-state index in [-0.39, 0.29) is 12.4 Å². The number of halogens is 1.